The second kappa shape index (κ2) is 7.48. The van der Waals surface area contributed by atoms with E-state index in [0.29, 0.717) is 4.75 Å². The first-order chi connectivity index (χ1) is 9.15. The van der Waals surface area contributed by atoms with Crippen LogP contribution in [-0.4, -0.2) is 17.5 Å². The molecule has 1 aromatic rings. The fraction of sp³-hybridized carbons (Fsp3) is 0.600. The van der Waals surface area contributed by atoms with Crippen molar-refractivity contribution in [2.24, 2.45) is 0 Å². The average Bonchev–Trinajstić information content (AvgIpc) is 2.44. The van der Waals surface area contributed by atoms with Crippen LogP contribution >= 0.6 is 43.6 Å². The van der Waals surface area contributed by atoms with Gasteiger partial charge in [0.25, 0.3) is 0 Å². The maximum atomic E-state index is 3.65. The molecule has 106 valence electrons. The van der Waals surface area contributed by atoms with Crippen molar-refractivity contribution in [1.82, 2.24) is 5.32 Å². The summed E-state index contributed by atoms with van der Waals surface area (Å²) >= 11 is 9.12. The molecule has 1 nitrogen and oxygen atoms in total. The summed E-state index contributed by atoms with van der Waals surface area (Å²) in [7, 11) is 0. The molecule has 19 heavy (non-hydrogen) atoms. The molecule has 1 fully saturated rings. The first kappa shape index (κ1) is 15.9. The maximum Gasteiger partial charge on any atom is 0.0320 e. The fourth-order valence-corrected chi connectivity index (χ4v) is 4.35. The Labute approximate surface area is 137 Å². The number of rotatable bonds is 5. The summed E-state index contributed by atoms with van der Waals surface area (Å²) in [5.41, 5.74) is 1.34. The number of halogens is 2. The van der Waals surface area contributed by atoms with Crippen LogP contribution in [0.25, 0.3) is 0 Å². The van der Waals surface area contributed by atoms with Gasteiger partial charge in [-0.2, -0.15) is 11.8 Å². The maximum absolute atomic E-state index is 3.65. The summed E-state index contributed by atoms with van der Waals surface area (Å²) in [6, 6.07) is 6.46. The van der Waals surface area contributed by atoms with E-state index in [1.165, 1.54) is 37.7 Å². The van der Waals surface area contributed by atoms with Crippen LogP contribution in [0.4, 0.5) is 0 Å². The zero-order valence-electron chi connectivity index (χ0n) is 11.3. The van der Waals surface area contributed by atoms with Gasteiger partial charge in [0.05, 0.1) is 0 Å². The standard InChI is InChI=1S/C15H21Br2NS/c1-19-15(7-3-2-4-8-15)11-18-10-12-5-6-13(16)14(17)9-12/h5-6,9,18H,2-4,7-8,10-11H2,1H3. The van der Waals surface area contributed by atoms with Crippen molar-refractivity contribution in [3.8, 4) is 0 Å². The van der Waals surface area contributed by atoms with E-state index in [1.54, 1.807) is 0 Å². The van der Waals surface area contributed by atoms with Gasteiger partial charge >= 0.3 is 0 Å². The van der Waals surface area contributed by atoms with E-state index < -0.39 is 0 Å². The highest BCUT2D eigenvalue weighted by Gasteiger charge is 2.30. The van der Waals surface area contributed by atoms with Gasteiger partial charge in [-0.25, -0.2) is 0 Å². The summed E-state index contributed by atoms with van der Waals surface area (Å²) in [6.45, 7) is 2.08. The Hall–Kier alpha value is 0.490. The summed E-state index contributed by atoms with van der Waals surface area (Å²) in [5, 5.41) is 3.65. The van der Waals surface area contributed by atoms with Crippen LogP contribution < -0.4 is 5.32 Å². The lowest BCUT2D eigenvalue weighted by Gasteiger charge is -2.36. The second-order valence-corrected chi connectivity index (χ2v) is 8.28. The Balaban J connectivity index is 1.86. The lowest BCUT2D eigenvalue weighted by atomic mass is 9.88. The number of thioether (sulfide) groups is 1. The molecule has 0 bridgehead atoms. The van der Waals surface area contributed by atoms with E-state index >= 15 is 0 Å². The molecule has 0 spiro atoms. The molecule has 1 aliphatic carbocycles. The molecule has 0 heterocycles. The van der Waals surface area contributed by atoms with E-state index in [2.05, 4.69) is 73.4 Å². The summed E-state index contributed by atoms with van der Waals surface area (Å²) < 4.78 is 2.72. The van der Waals surface area contributed by atoms with E-state index in [-0.39, 0.29) is 0 Å². The van der Waals surface area contributed by atoms with Gasteiger partial charge in [-0.1, -0.05) is 25.3 Å². The minimum absolute atomic E-state index is 0.477. The molecule has 0 atom stereocenters. The third-order valence-corrected chi connectivity index (χ3v) is 7.26. The highest BCUT2D eigenvalue weighted by molar-refractivity contribution is 9.13. The van der Waals surface area contributed by atoms with E-state index in [0.717, 1.165) is 22.0 Å². The largest absolute Gasteiger partial charge is 0.311 e. The second-order valence-electron chi connectivity index (χ2n) is 5.30. The van der Waals surface area contributed by atoms with Crippen molar-refractivity contribution in [3.63, 3.8) is 0 Å². The van der Waals surface area contributed by atoms with Gasteiger partial charge in [-0.15, -0.1) is 0 Å². The highest BCUT2D eigenvalue weighted by Crippen LogP contribution is 2.38. The molecule has 2 rings (SSSR count). The van der Waals surface area contributed by atoms with E-state index in [1.807, 2.05) is 0 Å². The zero-order valence-corrected chi connectivity index (χ0v) is 15.3. The third-order valence-electron chi connectivity index (χ3n) is 3.96. The van der Waals surface area contributed by atoms with Crippen LogP contribution in [0.15, 0.2) is 27.1 Å². The first-order valence-corrected chi connectivity index (χ1v) is 9.66. The number of hydrogen-bond donors (Lipinski definition) is 1. The molecule has 0 radical (unpaired) electrons. The molecule has 0 saturated heterocycles. The molecule has 0 aliphatic heterocycles. The molecule has 0 amide bonds. The quantitative estimate of drug-likeness (QED) is 0.705. The predicted octanol–water partition coefficient (Wildman–Crippen LogP) is 5.37. The molecule has 1 aliphatic rings. The summed E-state index contributed by atoms with van der Waals surface area (Å²) in [4.78, 5) is 0. The average molecular weight is 407 g/mol. The van der Waals surface area contributed by atoms with Crippen molar-refractivity contribution >= 4 is 43.6 Å². The monoisotopic (exact) mass is 405 g/mol. The number of benzene rings is 1. The minimum Gasteiger partial charge on any atom is -0.311 e. The third kappa shape index (κ3) is 4.48. The van der Waals surface area contributed by atoms with Gasteiger partial charge in [0.2, 0.25) is 0 Å². The Morgan fingerprint density at radius 1 is 1.16 bits per heavy atom. The van der Waals surface area contributed by atoms with Crippen LogP contribution in [0.2, 0.25) is 0 Å². The topological polar surface area (TPSA) is 12.0 Å². The molecule has 1 N–H and O–H groups in total. The summed E-state index contributed by atoms with van der Waals surface area (Å²) in [5.74, 6) is 0. The predicted molar refractivity (Wildman–Crippen MR) is 92.9 cm³/mol. The molecule has 4 heteroatoms. The van der Waals surface area contributed by atoms with Gasteiger partial charge in [-0.3, -0.25) is 0 Å². The SMILES string of the molecule is CSC1(CNCc2ccc(Br)c(Br)c2)CCCCC1. The Morgan fingerprint density at radius 2 is 1.89 bits per heavy atom. The van der Waals surface area contributed by atoms with Crippen LogP contribution in [0, 0.1) is 0 Å². The lowest BCUT2D eigenvalue weighted by molar-refractivity contribution is 0.379. The molecular formula is C15H21Br2NS. The van der Waals surface area contributed by atoms with Crippen molar-refractivity contribution in [1.29, 1.82) is 0 Å². The fourth-order valence-electron chi connectivity index (χ4n) is 2.73. The Kier molecular flexibility index (Phi) is 6.25. The van der Waals surface area contributed by atoms with Crippen molar-refractivity contribution < 1.29 is 0 Å². The van der Waals surface area contributed by atoms with Crippen molar-refractivity contribution in [2.45, 2.75) is 43.4 Å². The van der Waals surface area contributed by atoms with Crippen LogP contribution in [-0.2, 0) is 6.54 Å². The lowest BCUT2D eigenvalue weighted by Crippen LogP contribution is -2.39. The molecule has 0 unspecified atom stereocenters. The summed E-state index contributed by atoms with van der Waals surface area (Å²) in [6.07, 6.45) is 9.21. The van der Waals surface area contributed by atoms with Gasteiger partial charge in [0.1, 0.15) is 0 Å². The van der Waals surface area contributed by atoms with Crippen LogP contribution in [0.5, 0.6) is 0 Å². The molecule has 1 saturated carbocycles. The minimum atomic E-state index is 0.477. The number of nitrogens with one attached hydrogen (secondary N) is 1. The highest BCUT2D eigenvalue weighted by atomic mass is 79.9. The van der Waals surface area contributed by atoms with Crippen LogP contribution in [0.3, 0.4) is 0 Å². The smallest absolute Gasteiger partial charge is 0.0320 e. The Bertz CT molecular complexity index is 417. The normalized spacial score (nSPS) is 18.5. The van der Waals surface area contributed by atoms with Gasteiger partial charge < -0.3 is 5.32 Å². The molecule has 0 aromatic heterocycles. The number of hydrogen-bond acceptors (Lipinski definition) is 2. The Morgan fingerprint density at radius 3 is 2.53 bits per heavy atom. The van der Waals surface area contributed by atoms with Gasteiger partial charge in [0.15, 0.2) is 0 Å². The van der Waals surface area contributed by atoms with Gasteiger partial charge in [-0.05, 0) is 68.7 Å². The van der Waals surface area contributed by atoms with E-state index in [4.69, 9.17) is 0 Å². The van der Waals surface area contributed by atoms with Crippen molar-refractivity contribution in [2.75, 3.05) is 12.8 Å². The van der Waals surface area contributed by atoms with E-state index in [9.17, 15) is 0 Å². The molecule has 1 aromatic carbocycles. The zero-order chi connectivity index (χ0) is 13.7. The van der Waals surface area contributed by atoms with Crippen molar-refractivity contribution in [3.05, 3.63) is 32.7 Å². The first-order valence-electron chi connectivity index (χ1n) is 6.85. The van der Waals surface area contributed by atoms with Crippen LogP contribution in [0.1, 0.15) is 37.7 Å². The van der Waals surface area contributed by atoms with Gasteiger partial charge in [0, 0.05) is 26.8 Å². The molecular weight excluding hydrogens is 386 g/mol.